The number of carbonyl (C=O) groups is 2. The van der Waals surface area contributed by atoms with Crippen LogP contribution in [0.4, 0.5) is 0 Å². The molecule has 0 aromatic heterocycles. The topological polar surface area (TPSA) is 49.4 Å². The van der Waals surface area contributed by atoms with Crippen LogP contribution in [0.1, 0.15) is 32.3 Å². The fourth-order valence-corrected chi connectivity index (χ4v) is 2.64. The van der Waals surface area contributed by atoms with Crippen molar-refractivity contribution in [3.8, 4) is 0 Å². The number of halogens is 1. The zero-order valence-electron chi connectivity index (χ0n) is 11.7. The van der Waals surface area contributed by atoms with Gasteiger partial charge in [-0.05, 0) is 31.0 Å². The van der Waals surface area contributed by atoms with Gasteiger partial charge in [0.05, 0.1) is 0 Å². The van der Waals surface area contributed by atoms with E-state index in [0.29, 0.717) is 13.0 Å². The number of benzene rings is 1. The number of nitrogens with one attached hydrogen (secondary N) is 1. The standard InChI is InChI=1S/C15H19BrN2O2/c1-3-4-13-15(20)18(10(2)14(19)17-13)9-11-5-7-12(16)8-6-11/h5-8,10,13H,3-4,9H2,1-2H3,(H,17,19). The molecule has 0 spiro atoms. The van der Waals surface area contributed by atoms with Gasteiger partial charge in [-0.25, -0.2) is 0 Å². The lowest BCUT2D eigenvalue weighted by Gasteiger charge is -2.37. The van der Waals surface area contributed by atoms with Crippen molar-refractivity contribution in [2.75, 3.05) is 0 Å². The molecule has 2 rings (SSSR count). The molecular formula is C15H19BrN2O2. The van der Waals surface area contributed by atoms with Gasteiger partial charge in [-0.1, -0.05) is 41.4 Å². The molecule has 1 aliphatic heterocycles. The Morgan fingerprint density at radius 1 is 1.25 bits per heavy atom. The van der Waals surface area contributed by atoms with Crippen LogP contribution in [0.5, 0.6) is 0 Å². The predicted octanol–water partition coefficient (Wildman–Crippen LogP) is 2.46. The third-order valence-electron chi connectivity index (χ3n) is 3.59. The van der Waals surface area contributed by atoms with Gasteiger partial charge < -0.3 is 10.2 Å². The first-order chi connectivity index (χ1) is 9.52. The van der Waals surface area contributed by atoms with E-state index in [1.807, 2.05) is 31.2 Å². The highest BCUT2D eigenvalue weighted by Gasteiger charge is 2.37. The molecule has 0 saturated carbocycles. The Hall–Kier alpha value is -1.36. The molecular weight excluding hydrogens is 320 g/mol. The van der Waals surface area contributed by atoms with Gasteiger partial charge in [0.15, 0.2) is 0 Å². The molecule has 1 saturated heterocycles. The fraction of sp³-hybridized carbons (Fsp3) is 0.467. The number of nitrogens with zero attached hydrogens (tertiary/aromatic N) is 1. The molecule has 0 aliphatic carbocycles. The van der Waals surface area contributed by atoms with Gasteiger partial charge in [0.2, 0.25) is 11.8 Å². The van der Waals surface area contributed by atoms with Crippen LogP contribution in [0.25, 0.3) is 0 Å². The lowest BCUT2D eigenvalue weighted by atomic mass is 10.0. The normalized spacial score (nSPS) is 22.9. The van der Waals surface area contributed by atoms with E-state index in [0.717, 1.165) is 16.5 Å². The van der Waals surface area contributed by atoms with E-state index in [-0.39, 0.29) is 17.9 Å². The van der Waals surface area contributed by atoms with Crippen LogP contribution in [0.2, 0.25) is 0 Å². The maximum absolute atomic E-state index is 12.4. The van der Waals surface area contributed by atoms with Crippen molar-refractivity contribution in [1.29, 1.82) is 0 Å². The molecule has 4 nitrogen and oxygen atoms in total. The van der Waals surface area contributed by atoms with Gasteiger partial charge in [-0.2, -0.15) is 0 Å². The highest BCUT2D eigenvalue weighted by atomic mass is 79.9. The van der Waals surface area contributed by atoms with Crippen molar-refractivity contribution in [3.63, 3.8) is 0 Å². The molecule has 1 fully saturated rings. The van der Waals surface area contributed by atoms with E-state index in [9.17, 15) is 9.59 Å². The van der Waals surface area contributed by atoms with E-state index in [1.165, 1.54) is 0 Å². The maximum Gasteiger partial charge on any atom is 0.246 e. The smallest absolute Gasteiger partial charge is 0.246 e. The zero-order valence-corrected chi connectivity index (χ0v) is 13.3. The molecule has 108 valence electrons. The number of carbonyl (C=O) groups excluding carboxylic acids is 2. The molecule has 1 heterocycles. The quantitative estimate of drug-likeness (QED) is 0.916. The maximum atomic E-state index is 12.4. The molecule has 1 N–H and O–H groups in total. The van der Waals surface area contributed by atoms with Crippen molar-refractivity contribution < 1.29 is 9.59 Å². The van der Waals surface area contributed by atoms with Crippen LogP contribution in [0.3, 0.4) is 0 Å². The second-order valence-corrected chi connectivity index (χ2v) is 6.03. The molecule has 1 aromatic carbocycles. The Morgan fingerprint density at radius 3 is 2.50 bits per heavy atom. The summed E-state index contributed by atoms with van der Waals surface area (Å²) in [6.45, 7) is 4.26. The summed E-state index contributed by atoms with van der Waals surface area (Å²) in [5.74, 6) is -0.0537. The van der Waals surface area contributed by atoms with E-state index < -0.39 is 6.04 Å². The molecule has 2 atom stereocenters. The van der Waals surface area contributed by atoms with Crippen LogP contribution in [0.15, 0.2) is 28.7 Å². The number of hydrogen-bond acceptors (Lipinski definition) is 2. The van der Waals surface area contributed by atoms with Crippen LogP contribution in [0, 0.1) is 0 Å². The van der Waals surface area contributed by atoms with E-state index in [4.69, 9.17) is 0 Å². The Morgan fingerprint density at radius 2 is 1.90 bits per heavy atom. The molecule has 2 unspecified atom stereocenters. The number of rotatable bonds is 4. The average Bonchev–Trinajstić information content (AvgIpc) is 2.43. The minimum absolute atomic E-state index is 0.0156. The molecule has 0 radical (unpaired) electrons. The first-order valence-corrected chi connectivity index (χ1v) is 7.67. The van der Waals surface area contributed by atoms with Gasteiger partial charge in [-0.3, -0.25) is 9.59 Å². The highest BCUT2D eigenvalue weighted by Crippen LogP contribution is 2.18. The van der Waals surface area contributed by atoms with Gasteiger partial charge in [0.25, 0.3) is 0 Å². The molecule has 2 amide bonds. The van der Waals surface area contributed by atoms with Crippen LogP contribution in [-0.2, 0) is 16.1 Å². The van der Waals surface area contributed by atoms with Gasteiger partial charge in [-0.15, -0.1) is 0 Å². The molecule has 20 heavy (non-hydrogen) atoms. The second-order valence-electron chi connectivity index (χ2n) is 5.12. The van der Waals surface area contributed by atoms with Crippen LogP contribution < -0.4 is 5.32 Å². The van der Waals surface area contributed by atoms with Crippen molar-refractivity contribution in [2.45, 2.75) is 45.3 Å². The minimum atomic E-state index is -0.417. The van der Waals surface area contributed by atoms with Gasteiger partial charge >= 0.3 is 0 Å². The lowest BCUT2D eigenvalue weighted by Crippen LogP contribution is -2.61. The second kappa shape index (κ2) is 6.39. The van der Waals surface area contributed by atoms with Gasteiger partial charge in [0, 0.05) is 11.0 Å². The Kier molecular flexibility index (Phi) is 4.81. The molecule has 5 heteroatoms. The van der Waals surface area contributed by atoms with E-state index >= 15 is 0 Å². The summed E-state index contributed by atoms with van der Waals surface area (Å²) >= 11 is 3.39. The van der Waals surface area contributed by atoms with E-state index in [1.54, 1.807) is 11.8 Å². The van der Waals surface area contributed by atoms with E-state index in [2.05, 4.69) is 21.2 Å². The summed E-state index contributed by atoms with van der Waals surface area (Å²) in [5, 5.41) is 2.80. The third-order valence-corrected chi connectivity index (χ3v) is 4.12. The third kappa shape index (κ3) is 3.20. The van der Waals surface area contributed by atoms with Crippen LogP contribution in [-0.4, -0.2) is 28.8 Å². The summed E-state index contributed by atoms with van der Waals surface area (Å²) in [4.78, 5) is 26.1. The number of piperazine rings is 1. The minimum Gasteiger partial charge on any atom is -0.343 e. The van der Waals surface area contributed by atoms with Crippen molar-refractivity contribution in [2.24, 2.45) is 0 Å². The number of hydrogen-bond donors (Lipinski definition) is 1. The van der Waals surface area contributed by atoms with Gasteiger partial charge in [0.1, 0.15) is 12.1 Å². The molecule has 1 aromatic rings. The SMILES string of the molecule is CCCC1NC(=O)C(C)N(Cc2ccc(Br)cc2)C1=O. The molecule has 0 bridgehead atoms. The molecule has 1 aliphatic rings. The predicted molar refractivity (Wildman–Crippen MR) is 81.0 cm³/mol. The van der Waals surface area contributed by atoms with Crippen molar-refractivity contribution in [3.05, 3.63) is 34.3 Å². The Bertz CT molecular complexity index is 501. The summed E-state index contributed by atoms with van der Waals surface area (Å²) in [5.41, 5.74) is 1.03. The summed E-state index contributed by atoms with van der Waals surface area (Å²) in [6, 6.07) is 7.02. The summed E-state index contributed by atoms with van der Waals surface area (Å²) < 4.78 is 1.00. The fourth-order valence-electron chi connectivity index (χ4n) is 2.37. The number of amides is 2. The first-order valence-electron chi connectivity index (χ1n) is 6.88. The summed E-state index contributed by atoms with van der Waals surface area (Å²) in [7, 11) is 0. The lowest BCUT2D eigenvalue weighted by molar-refractivity contribution is -0.149. The van der Waals surface area contributed by atoms with Crippen molar-refractivity contribution in [1.82, 2.24) is 10.2 Å². The monoisotopic (exact) mass is 338 g/mol. The Labute approximate surface area is 127 Å². The average molecular weight is 339 g/mol. The Balaban J connectivity index is 2.16. The van der Waals surface area contributed by atoms with Crippen LogP contribution >= 0.6 is 15.9 Å². The first kappa shape index (κ1) is 15.0. The summed E-state index contributed by atoms with van der Waals surface area (Å²) in [6.07, 6.45) is 1.56. The zero-order chi connectivity index (χ0) is 14.7. The highest BCUT2D eigenvalue weighted by molar-refractivity contribution is 9.10. The van der Waals surface area contributed by atoms with Crippen molar-refractivity contribution >= 4 is 27.7 Å². The largest absolute Gasteiger partial charge is 0.343 e.